The largest absolute Gasteiger partial charge is 0.496 e. The van der Waals surface area contributed by atoms with Crippen molar-refractivity contribution >= 4 is 21.9 Å². The van der Waals surface area contributed by atoms with Gasteiger partial charge in [0.25, 0.3) is 0 Å². The van der Waals surface area contributed by atoms with E-state index in [9.17, 15) is 4.79 Å². The predicted molar refractivity (Wildman–Crippen MR) is 73.1 cm³/mol. The average molecular weight is 307 g/mol. The minimum Gasteiger partial charge on any atom is -0.496 e. The Labute approximate surface area is 113 Å². The first-order valence-electron chi connectivity index (χ1n) is 5.29. The number of benzene rings is 2. The molecule has 0 atom stereocenters. The Bertz CT molecular complexity index is 593. The van der Waals surface area contributed by atoms with Gasteiger partial charge in [-0.1, -0.05) is 18.2 Å². The van der Waals surface area contributed by atoms with E-state index in [1.807, 2.05) is 24.3 Å². The molecule has 0 bridgehead atoms. The second kappa shape index (κ2) is 5.23. The zero-order valence-electron chi connectivity index (χ0n) is 9.68. The van der Waals surface area contributed by atoms with Gasteiger partial charge in [-0.3, -0.25) is 0 Å². The van der Waals surface area contributed by atoms with E-state index in [4.69, 9.17) is 9.84 Å². The quantitative estimate of drug-likeness (QED) is 0.937. The monoisotopic (exact) mass is 306 g/mol. The van der Waals surface area contributed by atoms with E-state index >= 15 is 0 Å². The summed E-state index contributed by atoms with van der Waals surface area (Å²) in [5.74, 6) is -0.183. The highest BCUT2D eigenvalue weighted by atomic mass is 79.9. The van der Waals surface area contributed by atoms with Gasteiger partial charge >= 0.3 is 5.97 Å². The molecule has 2 aromatic rings. The van der Waals surface area contributed by atoms with Gasteiger partial charge in [0.1, 0.15) is 5.75 Å². The molecule has 0 aliphatic rings. The maximum Gasteiger partial charge on any atom is 0.335 e. The summed E-state index contributed by atoms with van der Waals surface area (Å²) in [5, 5.41) is 8.96. The molecule has 0 amide bonds. The molecule has 0 radical (unpaired) electrons. The third-order valence-corrected chi connectivity index (χ3v) is 3.21. The first kappa shape index (κ1) is 12.6. The molecule has 92 valence electrons. The van der Waals surface area contributed by atoms with E-state index < -0.39 is 5.97 Å². The minimum absolute atomic E-state index is 0.277. The van der Waals surface area contributed by atoms with Gasteiger partial charge in [0.05, 0.1) is 17.1 Å². The lowest BCUT2D eigenvalue weighted by molar-refractivity contribution is 0.0697. The molecule has 0 saturated carbocycles. The molecular weight excluding hydrogens is 296 g/mol. The van der Waals surface area contributed by atoms with Gasteiger partial charge in [-0.15, -0.1) is 0 Å². The highest BCUT2D eigenvalue weighted by Crippen LogP contribution is 2.30. The van der Waals surface area contributed by atoms with Gasteiger partial charge in [0.2, 0.25) is 0 Å². The maximum atomic E-state index is 10.9. The molecule has 2 aromatic carbocycles. The van der Waals surface area contributed by atoms with Crippen molar-refractivity contribution in [1.82, 2.24) is 0 Å². The summed E-state index contributed by atoms with van der Waals surface area (Å²) in [6.45, 7) is 0. The Morgan fingerprint density at radius 1 is 1.17 bits per heavy atom. The summed E-state index contributed by atoms with van der Waals surface area (Å²) < 4.78 is 5.99. The third kappa shape index (κ3) is 2.54. The summed E-state index contributed by atoms with van der Waals surface area (Å²) in [6, 6.07) is 12.5. The van der Waals surface area contributed by atoms with Gasteiger partial charge in [0, 0.05) is 0 Å². The highest BCUT2D eigenvalue weighted by Gasteiger charge is 2.06. The van der Waals surface area contributed by atoms with Crippen LogP contribution in [0.25, 0.3) is 11.1 Å². The van der Waals surface area contributed by atoms with Gasteiger partial charge in [-0.25, -0.2) is 4.79 Å². The van der Waals surface area contributed by atoms with Crippen LogP contribution in [0.3, 0.4) is 0 Å². The van der Waals surface area contributed by atoms with Crippen LogP contribution < -0.4 is 4.74 Å². The molecule has 0 heterocycles. The summed E-state index contributed by atoms with van der Waals surface area (Å²) in [5.41, 5.74) is 2.07. The minimum atomic E-state index is -0.926. The molecule has 1 N–H and O–H groups in total. The first-order chi connectivity index (χ1) is 8.61. The van der Waals surface area contributed by atoms with Crippen LogP contribution in [0, 0.1) is 0 Å². The topological polar surface area (TPSA) is 46.5 Å². The van der Waals surface area contributed by atoms with Crippen LogP contribution in [0.4, 0.5) is 0 Å². The van der Waals surface area contributed by atoms with E-state index in [2.05, 4.69) is 15.9 Å². The average Bonchev–Trinajstić information content (AvgIpc) is 2.38. The Morgan fingerprint density at radius 2 is 1.89 bits per heavy atom. The van der Waals surface area contributed by atoms with Crippen LogP contribution >= 0.6 is 15.9 Å². The summed E-state index contributed by atoms with van der Waals surface area (Å²) in [6.07, 6.45) is 0. The fourth-order valence-electron chi connectivity index (χ4n) is 1.68. The van der Waals surface area contributed by atoms with Crippen molar-refractivity contribution in [2.24, 2.45) is 0 Å². The van der Waals surface area contributed by atoms with Gasteiger partial charge in [-0.2, -0.15) is 0 Å². The van der Waals surface area contributed by atoms with Crippen LogP contribution in [0.1, 0.15) is 10.4 Å². The number of rotatable bonds is 3. The Morgan fingerprint density at radius 3 is 2.50 bits per heavy atom. The smallest absolute Gasteiger partial charge is 0.335 e. The van der Waals surface area contributed by atoms with Crippen LogP contribution in [-0.2, 0) is 0 Å². The number of methoxy groups -OCH3 is 1. The second-order valence-corrected chi connectivity index (χ2v) is 4.59. The van der Waals surface area contributed by atoms with Crippen molar-refractivity contribution in [3.05, 3.63) is 52.5 Å². The number of hydrogen-bond acceptors (Lipinski definition) is 2. The summed E-state index contributed by atoms with van der Waals surface area (Å²) >= 11 is 3.41. The number of aromatic carboxylic acids is 1. The second-order valence-electron chi connectivity index (χ2n) is 3.74. The molecule has 2 rings (SSSR count). The molecular formula is C14H11BrO3. The number of carboxylic acids is 1. The molecule has 0 fully saturated rings. The summed E-state index contributed by atoms with van der Waals surface area (Å²) in [7, 11) is 1.60. The highest BCUT2D eigenvalue weighted by molar-refractivity contribution is 9.10. The van der Waals surface area contributed by atoms with E-state index in [-0.39, 0.29) is 5.56 Å². The van der Waals surface area contributed by atoms with Crippen LogP contribution in [0.5, 0.6) is 5.75 Å². The SMILES string of the molecule is COc1ccc(-c2cccc(C(=O)O)c2)cc1Br. The van der Waals surface area contributed by atoms with E-state index in [1.54, 1.807) is 25.3 Å². The molecule has 0 aliphatic carbocycles. The molecule has 3 nitrogen and oxygen atoms in total. The van der Waals surface area contributed by atoms with Crippen LogP contribution in [-0.4, -0.2) is 18.2 Å². The normalized spacial score (nSPS) is 10.1. The molecule has 4 heteroatoms. The van der Waals surface area contributed by atoms with Crippen molar-refractivity contribution in [1.29, 1.82) is 0 Å². The number of carbonyl (C=O) groups is 1. The fraction of sp³-hybridized carbons (Fsp3) is 0.0714. The number of halogens is 1. The van der Waals surface area contributed by atoms with Crippen molar-refractivity contribution in [3.8, 4) is 16.9 Å². The predicted octanol–water partition coefficient (Wildman–Crippen LogP) is 3.82. The molecule has 0 spiro atoms. The summed E-state index contributed by atoms with van der Waals surface area (Å²) in [4.78, 5) is 10.9. The van der Waals surface area contributed by atoms with E-state index in [0.717, 1.165) is 21.3 Å². The van der Waals surface area contributed by atoms with Crippen molar-refractivity contribution in [2.45, 2.75) is 0 Å². The van der Waals surface area contributed by atoms with E-state index in [0.29, 0.717) is 0 Å². The van der Waals surface area contributed by atoms with Gasteiger partial charge in [0.15, 0.2) is 0 Å². The van der Waals surface area contributed by atoms with Crippen molar-refractivity contribution in [2.75, 3.05) is 7.11 Å². The Kier molecular flexibility index (Phi) is 3.67. The lowest BCUT2D eigenvalue weighted by Gasteiger charge is -2.07. The maximum absolute atomic E-state index is 10.9. The zero-order chi connectivity index (χ0) is 13.1. The van der Waals surface area contributed by atoms with Crippen LogP contribution in [0.15, 0.2) is 46.9 Å². The Balaban J connectivity index is 2.45. The standard InChI is InChI=1S/C14H11BrO3/c1-18-13-6-5-10(8-12(13)15)9-3-2-4-11(7-9)14(16)17/h2-8H,1H3,(H,16,17). The van der Waals surface area contributed by atoms with Crippen molar-refractivity contribution < 1.29 is 14.6 Å². The third-order valence-electron chi connectivity index (χ3n) is 2.59. The number of hydrogen-bond donors (Lipinski definition) is 1. The Hall–Kier alpha value is -1.81. The van der Waals surface area contributed by atoms with Gasteiger partial charge < -0.3 is 9.84 Å². The number of carboxylic acid groups (broad SMARTS) is 1. The van der Waals surface area contributed by atoms with Crippen LogP contribution in [0.2, 0.25) is 0 Å². The molecule has 0 aliphatic heterocycles. The molecule has 18 heavy (non-hydrogen) atoms. The fourth-order valence-corrected chi connectivity index (χ4v) is 2.22. The number of ether oxygens (including phenoxy) is 1. The molecule has 0 aromatic heterocycles. The van der Waals surface area contributed by atoms with Gasteiger partial charge in [-0.05, 0) is 51.3 Å². The zero-order valence-corrected chi connectivity index (χ0v) is 11.3. The lowest BCUT2D eigenvalue weighted by Crippen LogP contribution is -1.95. The lowest BCUT2D eigenvalue weighted by atomic mass is 10.0. The molecule has 0 saturated heterocycles. The first-order valence-corrected chi connectivity index (χ1v) is 6.08. The van der Waals surface area contributed by atoms with Crippen molar-refractivity contribution in [3.63, 3.8) is 0 Å². The van der Waals surface area contributed by atoms with E-state index in [1.165, 1.54) is 0 Å². The molecule has 0 unspecified atom stereocenters.